The lowest BCUT2D eigenvalue weighted by Crippen LogP contribution is -2.49. The van der Waals surface area contributed by atoms with Crippen molar-refractivity contribution in [2.24, 2.45) is 0 Å². The van der Waals surface area contributed by atoms with E-state index in [1.165, 1.54) is 0 Å². The highest BCUT2D eigenvalue weighted by atomic mass is 16.5. The number of hydrogen-bond acceptors (Lipinski definition) is 6. The minimum atomic E-state index is 0.150. The van der Waals surface area contributed by atoms with Crippen molar-refractivity contribution < 1.29 is 9.53 Å². The second-order valence-corrected chi connectivity index (χ2v) is 7.45. The van der Waals surface area contributed by atoms with Gasteiger partial charge in [-0.15, -0.1) is 0 Å². The second-order valence-electron chi connectivity index (χ2n) is 7.45. The zero-order valence-electron chi connectivity index (χ0n) is 17.6. The predicted molar refractivity (Wildman–Crippen MR) is 114 cm³/mol. The highest BCUT2D eigenvalue weighted by Crippen LogP contribution is 2.20. The first-order valence-electron chi connectivity index (χ1n) is 10.0. The van der Waals surface area contributed by atoms with Crippen LogP contribution in [0.4, 0.5) is 5.82 Å². The molecule has 2 aromatic heterocycles. The molecule has 4 rings (SSSR count). The topological polar surface area (TPSA) is 76.4 Å². The van der Waals surface area contributed by atoms with Crippen LogP contribution in [0.15, 0.2) is 43.0 Å². The Balaban J connectivity index is 1.39. The zero-order valence-corrected chi connectivity index (χ0v) is 17.6. The van der Waals surface area contributed by atoms with Gasteiger partial charge >= 0.3 is 0 Å². The zero-order chi connectivity index (χ0) is 21.1. The lowest BCUT2D eigenvalue weighted by atomic mass is 10.1. The Labute approximate surface area is 176 Å². The van der Waals surface area contributed by atoms with Crippen LogP contribution in [0.25, 0.3) is 5.82 Å². The Kier molecular flexibility index (Phi) is 5.65. The highest BCUT2D eigenvalue weighted by Gasteiger charge is 2.23. The molecule has 0 aliphatic carbocycles. The van der Waals surface area contributed by atoms with E-state index >= 15 is 0 Å². The standard InChI is InChI=1S/C22H26N6O2/c1-16-12-18(4-5-19(16)30-3)13-22(29)27-10-8-26(9-11-27)20-14-21(25-17(2)24-20)28-7-6-23-15-28/h4-7,12,14-15H,8-11,13H2,1-3H3. The summed E-state index contributed by atoms with van der Waals surface area (Å²) in [5, 5.41) is 0. The molecule has 8 nitrogen and oxygen atoms in total. The van der Waals surface area contributed by atoms with Gasteiger partial charge in [0.1, 0.15) is 29.5 Å². The van der Waals surface area contributed by atoms with Crippen molar-refractivity contribution in [2.75, 3.05) is 38.2 Å². The molecule has 1 aliphatic heterocycles. The van der Waals surface area contributed by atoms with Crippen LogP contribution in [0.2, 0.25) is 0 Å². The molecule has 8 heteroatoms. The van der Waals surface area contributed by atoms with Crippen molar-refractivity contribution in [3.8, 4) is 11.6 Å². The van der Waals surface area contributed by atoms with Crippen LogP contribution in [0.3, 0.4) is 0 Å². The number of carbonyl (C=O) groups excluding carboxylic acids is 1. The van der Waals surface area contributed by atoms with Gasteiger partial charge in [0.15, 0.2) is 0 Å². The molecular formula is C22H26N6O2. The molecule has 1 saturated heterocycles. The number of methoxy groups -OCH3 is 1. The molecule has 3 aromatic rings. The fourth-order valence-electron chi connectivity index (χ4n) is 3.75. The minimum absolute atomic E-state index is 0.150. The van der Waals surface area contributed by atoms with E-state index in [4.69, 9.17) is 4.74 Å². The number of ether oxygens (including phenoxy) is 1. The summed E-state index contributed by atoms with van der Waals surface area (Å²) in [5.41, 5.74) is 2.05. The maximum absolute atomic E-state index is 12.8. The number of imidazole rings is 1. The van der Waals surface area contributed by atoms with E-state index in [-0.39, 0.29) is 5.91 Å². The number of anilines is 1. The molecule has 1 aliphatic rings. The molecule has 3 heterocycles. The minimum Gasteiger partial charge on any atom is -0.496 e. The van der Waals surface area contributed by atoms with Gasteiger partial charge in [-0.3, -0.25) is 9.36 Å². The summed E-state index contributed by atoms with van der Waals surface area (Å²) < 4.78 is 7.17. The van der Waals surface area contributed by atoms with E-state index in [9.17, 15) is 4.79 Å². The van der Waals surface area contributed by atoms with Gasteiger partial charge in [0.25, 0.3) is 0 Å². The molecule has 0 atom stereocenters. The normalized spacial score (nSPS) is 14.1. The molecule has 0 saturated carbocycles. The number of aromatic nitrogens is 4. The monoisotopic (exact) mass is 406 g/mol. The quantitative estimate of drug-likeness (QED) is 0.646. The first kappa shape index (κ1) is 19.9. The largest absolute Gasteiger partial charge is 0.496 e. The van der Waals surface area contributed by atoms with Crippen molar-refractivity contribution in [1.82, 2.24) is 24.4 Å². The number of carbonyl (C=O) groups is 1. The number of hydrogen-bond donors (Lipinski definition) is 0. The Morgan fingerprint density at radius 2 is 1.83 bits per heavy atom. The predicted octanol–water partition coefficient (Wildman–Crippen LogP) is 2.18. The average Bonchev–Trinajstić information content (AvgIpc) is 3.29. The second kappa shape index (κ2) is 8.52. The molecule has 1 amide bonds. The molecule has 0 unspecified atom stereocenters. The number of amides is 1. The summed E-state index contributed by atoms with van der Waals surface area (Å²) in [6.45, 7) is 6.73. The molecule has 1 aromatic carbocycles. The maximum atomic E-state index is 12.8. The molecule has 0 radical (unpaired) electrons. The summed E-state index contributed by atoms with van der Waals surface area (Å²) in [6, 6.07) is 7.87. The van der Waals surface area contributed by atoms with Crippen LogP contribution >= 0.6 is 0 Å². The summed E-state index contributed by atoms with van der Waals surface area (Å²) in [5.74, 6) is 3.38. The van der Waals surface area contributed by atoms with E-state index < -0.39 is 0 Å². The Morgan fingerprint density at radius 1 is 1.07 bits per heavy atom. The third-order valence-corrected chi connectivity index (χ3v) is 5.35. The highest BCUT2D eigenvalue weighted by molar-refractivity contribution is 5.79. The summed E-state index contributed by atoms with van der Waals surface area (Å²) >= 11 is 0. The first-order valence-corrected chi connectivity index (χ1v) is 10.0. The summed E-state index contributed by atoms with van der Waals surface area (Å²) in [4.78, 5) is 30.1. The van der Waals surface area contributed by atoms with E-state index in [0.717, 1.165) is 41.6 Å². The van der Waals surface area contributed by atoms with Crippen LogP contribution in [-0.2, 0) is 11.2 Å². The van der Waals surface area contributed by atoms with Gasteiger partial charge in [-0.2, -0.15) is 0 Å². The number of piperazine rings is 1. The van der Waals surface area contributed by atoms with E-state index in [1.807, 2.05) is 53.8 Å². The van der Waals surface area contributed by atoms with Crippen molar-refractivity contribution in [1.29, 1.82) is 0 Å². The van der Waals surface area contributed by atoms with E-state index in [0.29, 0.717) is 25.3 Å². The summed E-state index contributed by atoms with van der Waals surface area (Å²) in [6.07, 6.45) is 5.72. The average molecular weight is 406 g/mol. The first-order chi connectivity index (χ1) is 14.5. The van der Waals surface area contributed by atoms with Gasteiger partial charge in [-0.1, -0.05) is 12.1 Å². The van der Waals surface area contributed by atoms with E-state index in [1.54, 1.807) is 19.6 Å². The smallest absolute Gasteiger partial charge is 0.227 e. The number of rotatable bonds is 5. The lowest BCUT2D eigenvalue weighted by Gasteiger charge is -2.35. The fourth-order valence-corrected chi connectivity index (χ4v) is 3.75. The lowest BCUT2D eigenvalue weighted by molar-refractivity contribution is -0.130. The molecule has 0 N–H and O–H groups in total. The fraction of sp³-hybridized carbons (Fsp3) is 0.364. The number of benzene rings is 1. The SMILES string of the molecule is COc1ccc(CC(=O)N2CCN(c3cc(-n4ccnc4)nc(C)n3)CC2)cc1C. The summed E-state index contributed by atoms with van der Waals surface area (Å²) in [7, 11) is 1.66. The van der Waals surface area contributed by atoms with Gasteiger partial charge in [-0.05, 0) is 31.0 Å². The van der Waals surface area contributed by atoms with Crippen LogP contribution in [-0.4, -0.2) is 63.6 Å². The molecule has 156 valence electrons. The van der Waals surface area contributed by atoms with Crippen LogP contribution < -0.4 is 9.64 Å². The van der Waals surface area contributed by atoms with Crippen molar-refractivity contribution in [2.45, 2.75) is 20.3 Å². The molecule has 0 bridgehead atoms. The van der Waals surface area contributed by atoms with Crippen LogP contribution in [0.1, 0.15) is 17.0 Å². The Morgan fingerprint density at radius 3 is 2.50 bits per heavy atom. The van der Waals surface area contributed by atoms with E-state index in [2.05, 4.69) is 19.9 Å². The van der Waals surface area contributed by atoms with Gasteiger partial charge < -0.3 is 14.5 Å². The molecule has 0 spiro atoms. The van der Waals surface area contributed by atoms with Gasteiger partial charge in [0.2, 0.25) is 5.91 Å². The molecule has 1 fully saturated rings. The Hall–Kier alpha value is -3.42. The molecular weight excluding hydrogens is 380 g/mol. The number of aryl methyl sites for hydroxylation is 2. The maximum Gasteiger partial charge on any atom is 0.227 e. The third kappa shape index (κ3) is 4.27. The van der Waals surface area contributed by atoms with Gasteiger partial charge in [0, 0.05) is 44.6 Å². The third-order valence-electron chi connectivity index (χ3n) is 5.35. The van der Waals surface area contributed by atoms with Crippen LogP contribution in [0, 0.1) is 13.8 Å². The van der Waals surface area contributed by atoms with Crippen molar-refractivity contribution >= 4 is 11.7 Å². The van der Waals surface area contributed by atoms with Gasteiger partial charge in [0.05, 0.1) is 13.5 Å². The molecule has 30 heavy (non-hydrogen) atoms. The van der Waals surface area contributed by atoms with Gasteiger partial charge in [-0.25, -0.2) is 15.0 Å². The van der Waals surface area contributed by atoms with Crippen molar-refractivity contribution in [3.63, 3.8) is 0 Å². The Bertz CT molecular complexity index is 1030. The van der Waals surface area contributed by atoms with Crippen molar-refractivity contribution in [3.05, 3.63) is 59.9 Å². The number of nitrogens with zero attached hydrogens (tertiary/aromatic N) is 6. The van der Waals surface area contributed by atoms with Crippen LogP contribution in [0.5, 0.6) is 5.75 Å².